The summed E-state index contributed by atoms with van der Waals surface area (Å²) >= 11 is 0. The molecule has 0 saturated carbocycles. The quantitative estimate of drug-likeness (QED) is 0.629. The number of hydrogen-bond donors (Lipinski definition) is 0. The van der Waals surface area contributed by atoms with Crippen molar-refractivity contribution in [3.05, 3.63) is 24.4 Å². The third-order valence-corrected chi connectivity index (χ3v) is 1.38. The maximum absolute atomic E-state index is 11.2. The van der Waals surface area contributed by atoms with Crippen molar-refractivity contribution in [1.29, 1.82) is 5.26 Å². The molecule has 0 unspecified atom stereocenters. The number of hydrogen-bond acceptors (Lipinski definition) is 4. The van der Waals surface area contributed by atoms with Gasteiger partial charge in [-0.15, -0.1) is 0 Å². The van der Waals surface area contributed by atoms with Gasteiger partial charge in [0.05, 0.1) is 6.61 Å². The summed E-state index contributed by atoms with van der Waals surface area (Å²) in [6, 6.07) is 1.84. The lowest BCUT2D eigenvalue weighted by atomic mass is 10.3. The fraction of sp³-hybridized carbons (Fsp3) is 0.222. The minimum Gasteiger partial charge on any atom is -0.448 e. The van der Waals surface area contributed by atoms with Crippen LogP contribution < -0.4 is 0 Å². The van der Waals surface area contributed by atoms with Gasteiger partial charge in [0.15, 0.2) is 5.71 Å². The number of ether oxygens (including phenoxy) is 1. The number of nitriles is 1. The molecular formula is C9H9N3O2. The molecule has 1 rings (SSSR count). The Bertz CT molecular complexity index is 350. The summed E-state index contributed by atoms with van der Waals surface area (Å²) < 4.78 is 4.72. The molecule has 0 fully saturated rings. The van der Waals surface area contributed by atoms with E-state index in [1.165, 1.54) is 12.3 Å². The number of nitrogens with zero attached hydrogens (tertiary/aromatic N) is 3. The molecule has 0 saturated heterocycles. The molecule has 1 amide bonds. The van der Waals surface area contributed by atoms with Crippen molar-refractivity contribution in [2.75, 3.05) is 6.61 Å². The van der Waals surface area contributed by atoms with Crippen LogP contribution >= 0.6 is 0 Å². The normalized spacial score (nSPS) is 14.3. The topological polar surface area (TPSA) is 65.7 Å². The van der Waals surface area contributed by atoms with Gasteiger partial charge in [-0.25, -0.2) is 4.79 Å². The average molecular weight is 191 g/mol. The van der Waals surface area contributed by atoms with Crippen LogP contribution in [0.4, 0.5) is 4.79 Å². The van der Waals surface area contributed by atoms with E-state index < -0.39 is 6.09 Å². The van der Waals surface area contributed by atoms with Gasteiger partial charge in [-0.05, 0) is 19.1 Å². The molecule has 0 aromatic carbocycles. The van der Waals surface area contributed by atoms with E-state index in [2.05, 4.69) is 5.10 Å². The lowest BCUT2D eigenvalue weighted by Crippen LogP contribution is -2.22. The third-order valence-electron chi connectivity index (χ3n) is 1.38. The maximum atomic E-state index is 11.2. The summed E-state index contributed by atoms with van der Waals surface area (Å²) in [5.41, 5.74) is 0.156. The van der Waals surface area contributed by atoms with E-state index in [1.54, 1.807) is 19.1 Å². The van der Waals surface area contributed by atoms with Crippen LogP contribution in [0.3, 0.4) is 0 Å². The first kappa shape index (κ1) is 9.99. The van der Waals surface area contributed by atoms with Crippen molar-refractivity contribution >= 4 is 11.8 Å². The van der Waals surface area contributed by atoms with Crippen LogP contribution in [0, 0.1) is 11.3 Å². The molecule has 0 aromatic rings. The Balaban J connectivity index is 2.80. The molecule has 0 atom stereocenters. The zero-order valence-electron chi connectivity index (χ0n) is 7.67. The monoisotopic (exact) mass is 191 g/mol. The molecule has 5 heteroatoms. The summed E-state index contributed by atoms with van der Waals surface area (Å²) in [5.74, 6) is 0. The van der Waals surface area contributed by atoms with Gasteiger partial charge in [-0.3, -0.25) is 0 Å². The van der Waals surface area contributed by atoms with Gasteiger partial charge in [0.25, 0.3) is 0 Å². The average Bonchev–Trinajstić information content (AvgIpc) is 2.43. The van der Waals surface area contributed by atoms with Crippen molar-refractivity contribution in [3.63, 3.8) is 0 Å². The second-order valence-electron chi connectivity index (χ2n) is 2.34. The van der Waals surface area contributed by atoms with Crippen LogP contribution in [-0.4, -0.2) is 23.4 Å². The van der Waals surface area contributed by atoms with E-state index >= 15 is 0 Å². The number of allylic oxidation sites excluding steroid dienone is 3. The van der Waals surface area contributed by atoms with Crippen LogP contribution in [-0.2, 0) is 4.74 Å². The fourth-order valence-corrected chi connectivity index (χ4v) is 0.812. The maximum Gasteiger partial charge on any atom is 0.434 e. The first-order valence-electron chi connectivity index (χ1n) is 4.07. The van der Waals surface area contributed by atoms with E-state index in [0.29, 0.717) is 0 Å². The fourth-order valence-electron chi connectivity index (χ4n) is 0.812. The highest BCUT2D eigenvalue weighted by atomic mass is 16.6. The van der Waals surface area contributed by atoms with Crippen molar-refractivity contribution < 1.29 is 9.53 Å². The Kier molecular flexibility index (Phi) is 3.44. The van der Waals surface area contributed by atoms with E-state index in [1.807, 2.05) is 6.07 Å². The Morgan fingerprint density at radius 3 is 3.14 bits per heavy atom. The zero-order valence-corrected chi connectivity index (χ0v) is 7.67. The number of rotatable bonds is 1. The molecule has 0 N–H and O–H groups in total. The van der Waals surface area contributed by atoms with Crippen LogP contribution in [0.1, 0.15) is 6.92 Å². The van der Waals surface area contributed by atoms with Gasteiger partial charge in [-0.2, -0.15) is 15.4 Å². The molecule has 0 spiro atoms. The SMILES string of the molecule is CCOC(=O)N1C=CC=CC(C#N)=N1. The van der Waals surface area contributed by atoms with Crippen LogP contribution in [0.25, 0.3) is 0 Å². The van der Waals surface area contributed by atoms with Crippen molar-refractivity contribution in [3.8, 4) is 6.07 Å². The van der Waals surface area contributed by atoms with Crippen molar-refractivity contribution in [2.45, 2.75) is 6.92 Å². The lowest BCUT2D eigenvalue weighted by Gasteiger charge is -2.10. The molecule has 72 valence electrons. The molecule has 1 aliphatic rings. The lowest BCUT2D eigenvalue weighted by molar-refractivity contribution is 0.123. The standard InChI is InChI=1S/C9H9N3O2/c1-2-14-9(13)12-6-4-3-5-8(7-10)11-12/h3-6H,2H2,1H3. The van der Waals surface area contributed by atoms with Crippen molar-refractivity contribution in [1.82, 2.24) is 5.01 Å². The second kappa shape index (κ2) is 4.82. The molecule has 1 heterocycles. The highest BCUT2D eigenvalue weighted by molar-refractivity contribution is 6.07. The Hall–Kier alpha value is -2.09. The molecule has 1 aliphatic heterocycles. The Labute approximate surface area is 81.6 Å². The molecule has 5 nitrogen and oxygen atoms in total. The van der Waals surface area contributed by atoms with E-state index in [0.717, 1.165) is 5.01 Å². The van der Waals surface area contributed by atoms with E-state index in [-0.39, 0.29) is 12.3 Å². The van der Waals surface area contributed by atoms with Crippen molar-refractivity contribution in [2.24, 2.45) is 5.10 Å². The number of amides is 1. The summed E-state index contributed by atoms with van der Waals surface area (Å²) in [6.07, 6.45) is 5.57. The largest absolute Gasteiger partial charge is 0.448 e. The minimum atomic E-state index is -0.597. The van der Waals surface area contributed by atoms with Gasteiger partial charge in [0.1, 0.15) is 6.07 Å². The summed E-state index contributed by atoms with van der Waals surface area (Å²) in [7, 11) is 0. The van der Waals surface area contributed by atoms with Crippen LogP contribution in [0.2, 0.25) is 0 Å². The van der Waals surface area contributed by atoms with Gasteiger partial charge in [0, 0.05) is 6.20 Å². The number of carbonyl (C=O) groups excluding carboxylic acids is 1. The van der Waals surface area contributed by atoms with Crippen LogP contribution in [0.5, 0.6) is 0 Å². The van der Waals surface area contributed by atoms with Gasteiger partial charge in [0.2, 0.25) is 0 Å². The predicted molar refractivity (Wildman–Crippen MR) is 50.2 cm³/mol. The first-order valence-corrected chi connectivity index (χ1v) is 4.07. The van der Waals surface area contributed by atoms with Gasteiger partial charge >= 0.3 is 6.09 Å². The van der Waals surface area contributed by atoms with E-state index in [4.69, 9.17) is 10.00 Å². The zero-order chi connectivity index (χ0) is 10.4. The molecular weight excluding hydrogens is 182 g/mol. The first-order chi connectivity index (χ1) is 6.77. The Morgan fingerprint density at radius 2 is 2.50 bits per heavy atom. The van der Waals surface area contributed by atoms with E-state index in [9.17, 15) is 4.79 Å². The second-order valence-corrected chi connectivity index (χ2v) is 2.34. The summed E-state index contributed by atoms with van der Waals surface area (Å²) in [5, 5.41) is 13.3. The molecule has 0 aromatic heterocycles. The highest BCUT2D eigenvalue weighted by Crippen LogP contribution is 2.02. The minimum absolute atomic E-state index is 0.156. The van der Waals surface area contributed by atoms with Crippen LogP contribution in [0.15, 0.2) is 29.5 Å². The smallest absolute Gasteiger partial charge is 0.434 e. The summed E-state index contributed by atoms with van der Waals surface area (Å²) in [6.45, 7) is 1.97. The third kappa shape index (κ3) is 2.45. The molecule has 14 heavy (non-hydrogen) atoms. The predicted octanol–water partition coefficient (Wildman–Crippen LogP) is 1.41. The van der Waals surface area contributed by atoms with Gasteiger partial charge in [-0.1, -0.05) is 6.08 Å². The van der Waals surface area contributed by atoms with Gasteiger partial charge < -0.3 is 4.74 Å². The molecule has 0 bridgehead atoms. The highest BCUT2D eigenvalue weighted by Gasteiger charge is 2.11. The Morgan fingerprint density at radius 1 is 1.71 bits per heavy atom. The summed E-state index contributed by atoms with van der Waals surface area (Å²) in [4.78, 5) is 11.2. The molecule has 0 radical (unpaired) electrons. The number of carbonyl (C=O) groups is 1. The number of hydrazone groups is 1. The molecule has 0 aliphatic carbocycles.